The first-order valence-electron chi connectivity index (χ1n) is 11.9. The number of nitrogens with one attached hydrogen (secondary N) is 1. The largest absolute Gasteiger partial charge is 0.460 e. The zero-order valence-corrected chi connectivity index (χ0v) is 18.6. The smallest absolute Gasteiger partial charge is 0.407 e. The number of carbonyl (C=O) groups excluding carboxylic acids is 2. The summed E-state index contributed by atoms with van der Waals surface area (Å²) < 4.78 is 10.7. The molecule has 0 aromatic heterocycles. The highest BCUT2D eigenvalue weighted by atomic mass is 16.6. The number of hydrogen-bond donors (Lipinski definition) is 1. The zero-order valence-electron chi connectivity index (χ0n) is 18.6. The number of alkyl carbamates (subject to hydrolysis) is 1. The molecule has 1 aromatic carbocycles. The Morgan fingerprint density at radius 3 is 2.20 bits per heavy atom. The summed E-state index contributed by atoms with van der Waals surface area (Å²) in [4.78, 5) is 23.8. The van der Waals surface area contributed by atoms with Crippen LogP contribution in [0, 0.1) is 0 Å². The Morgan fingerprint density at radius 2 is 1.57 bits per heavy atom. The third kappa shape index (κ3) is 10.1. The molecule has 5 heteroatoms. The number of ether oxygens (including phenoxy) is 2. The SMILES string of the molecule is CCCCCCCCCCCCC[C@@H]1OC(=O)C[C@@H]1NC(=O)OCc1ccccc1. The van der Waals surface area contributed by atoms with Gasteiger partial charge in [-0.15, -0.1) is 0 Å². The van der Waals surface area contributed by atoms with Crippen molar-refractivity contribution >= 4 is 12.1 Å². The number of carbonyl (C=O) groups is 2. The van der Waals surface area contributed by atoms with Crippen molar-refractivity contribution in [1.82, 2.24) is 5.32 Å². The minimum atomic E-state index is -0.494. The van der Waals surface area contributed by atoms with Gasteiger partial charge in [-0.1, -0.05) is 101 Å². The highest BCUT2D eigenvalue weighted by Crippen LogP contribution is 2.21. The number of hydrogen-bond acceptors (Lipinski definition) is 4. The number of cyclic esters (lactones) is 1. The van der Waals surface area contributed by atoms with Gasteiger partial charge >= 0.3 is 12.1 Å². The van der Waals surface area contributed by atoms with Crippen LogP contribution >= 0.6 is 0 Å². The van der Waals surface area contributed by atoms with Crippen molar-refractivity contribution in [1.29, 1.82) is 0 Å². The first-order chi connectivity index (χ1) is 14.7. The fourth-order valence-electron chi connectivity index (χ4n) is 3.94. The fraction of sp³-hybridized carbons (Fsp3) is 0.680. The summed E-state index contributed by atoms with van der Waals surface area (Å²) in [6.07, 6.45) is 14.4. The first kappa shape index (κ1) is 24.2. The maximum Gasteiger partial charge on any atom is 0.407 e. The molecule has 168 valence electrons. The lowest BCUT2D eigenvalue weighted by Gasteiger charge is -2.18. The molecule has 0 spiro atoms. The van der Waals surface area contributed by atoms with Gasteiger partial charge in [-0.2, -0.15) is 0 Å². The van der Waals surface area contributed by atoms with Crippen LogP contribution in [0.5, 0.6) is 0 Å². The van der Waals surface area contributed by atoms with E-state index in [2.05, 4.69) is 12.2 Å². The molecule has 1 amide bonds. The Morgan fingerprint density at radius 1 is 0.967 bits per heavy atom. The Balaban J connectivity index is 1.54. The highest BCUT2D eigenvalue weighted by Gasteiger charge is 2.35. The Labute approximate surface area is 181 Å². The first-order valence-corrected chi connectivity index (χ1v) is 11.9. The predicted octanol–water partition coefficient (Wildman–Crippen LogP) is 6.30. The van der Waals surface area contributed by atoms with Crippen LogP contribution in [0.2, 0.25) is 0 Å². The normalized spacial score (nSPS) is 18.2. The van der Waals surface area contributed by atoms with E-state index in [1.54, 1.807) is 0 Å². The second-order valence-electron chi connectivity index (χ2n) is 8.37. The van der Waals surface area contributed by atoms with Crippen molar-refractivity contribution in [2.75, 3.05) is 0 Å². The van der Waals surface area contributed by atoms with Crippen molar-refractivity contribution in [2.45, 2.75) is 109 Å². The van der Waals surface area contributed by atoms with E-state index in [0.29, 0.717) is 0 Å². The molecule has 0 saturated carbocycles. The average Bonchev–Trinajstić information content (AvgIpc) is 3.10. The summed E-state index contributed by atoms with van der Waals surface area (Å²) in [6.45, 7) is 2.47. The molecule has 0 aliphatic carbocycles. The molecule has 5 nitrogen and oxygen atoms in total. The Hall–Kier alpha value is -2.04. The molecule has 1 saturated heterocycles. The number of rotatable bonds is 15. The van der Waals surface area contributed by atoms with E-state index >= 15 is 0 Å². The maximum absolute atomic E-state index is 12.1. The van der Waals surface area contributed by atoms with Crippen LogP contribution in [-0.2, 0) is 20.9 Å². The second-order valence-corrected chi connectivity index (χ2v) is 8.37. The van der Waals surface area contributed by atoms with Gasteiger partial charge in [0.1, 0.15) is 12.7 Å². The lowest BCUT2D eigenvalue weighted by atomic mass is 10.0. The summed E-state index contributed by atoms with van der Waals surface area (Å²) in [5.41, 5.74) is 0.934. The molecule has 30 heavy (non-hydrogen) atoms. The fourth-order valence-corrected chi connectivity index (χ4v) is 3.94. The topological polar surface area (TPSA) is 64.6 Å². The maximum atomic E-state index is 12.1. The van der Waals surface area contributed by atoms with Gasteiger partial charge < -0.3 is 14.8 Å². The van der Waals surface area contributed by atoms with E-state index in [1.165, 1.54) is 57.8 Å². The highest BCUT2D eigenvalue weighted by molar-refractivity contribution is 5.75. The average molecular weight is 418 g/mol. The van der Waals surface area contributed by atoms with Crippen LogP contribution in [-0.4, -0.2) is 24.2 Å². The third-order valence-corrected chi connectivity index (χ3v) is 5.73. The van der Waals surface area contributed by atoms with Crippen LogP contribution in [0.25, 0.3) is 0 Å². The molecule has 1 aliphatic rings. The molecule has 2 rings (SSSR count). The summed E-state index contributed by atoms with van der Waals surface area (Å²) in [5.74, 6) is -0.239. The van der Waals surface area contributed by atoms with Gasteiger partial charge in [0.2, 0.25) is 0 Å². The molecular weight excluding hydrogens is 378 g/mol. The minimum Gasteiger partial charge on any atom is -0.460 e. The molecule has 0 unspecified atom stereocenters. The van der Waals surface area contributed by atoms with E-state index in [0.717, 1.165) is 24.8 Å². The van der Waals surface area contributed by atoms with Crippen LogP contribution in [0.15, 0.2) is 30.3 Å². The lowest BCUT2D eigenvalue weighted by molar-refractivity contribution is -0.141. The zero-order chi connectivity index (χ0) is 21.4. The van der Waals surface area contributed by atoms with Crippen LogP contribution < -0.4 is 5.32 Å². The lowest BCUT2D eigenvalue weighted by Crippen LogP contribution is -2.40. The number of esters is 1. The third-order valence-electron chi connectivity index (χ3n) is 5.73. The standard InChI is InChI=1S/C25H39NO4/c1-2-3-4-5-6-7-8-9-10-11-15-18-23-22(19-24(27)30-23)26-25(28)29-20-21-16-13-12-14-17-21/h12-14,16-17,22-23H,2-11,15,18-20H2,1H3,(H,26,28)/t22-,23-/m0/s1. The minimum absolute atomic E-state index is 0.220. The predicted molar refractivity (Wildman–Crippen MR) is 119 cm³/mol. The summed E-state index contributed by atoms with van der Waals surface area (Å²) >= 11 is 0. The monoisotopic (exact) mass is 417 g/mol. The Kier molecular flexibility index (Phi) is 12.0. The van der Waals surface area contributed by atoms with E-state index in [4.69, 9.17) is 9.47 Å². The van der Waals surface area contributed by atoms with Crippen LogP contribution in [0.4, 0.5) is 4.79 Å². The number of amides is 1. The van der Waals surface area contributed by atoms with Gasteiger partial charge in [0.05, 0.1) is 12.5 Å². The van der Waals surface area contributed by atoms with Gasteiger partial charge in [0.15, 0.2) is 0 Å². The Bertz CT molecular complexity index is 604. The second kappa shape index (κ2) is 14.9. The summed E-state index contributed by atoms with van der Waals surface area (Å²) in [5, 5.41) is 2.81. The molecule has 0 radical (unpaired) electrons. The van der Waals surface area contributed by atoms with E-state index < -0.39 is 6.09 Å². The summed E-state index contributed by atoms with van der Waals surface area (Å²) in [6, 6.07) is 9.26. The van der Waals surface area contributed by atoms with Crippen LogP contribution in [0.3, 0.4) is 0 Å². The van der Waals surface area contributed by atoms with Gasteiger partial charge in [0, 0.05) is 0 Å². The van der Waals surface area contributed by atoms with Crippen molar-refractivity contribution in [3.05, 3.63) is 35.9 Å². The van der Waals surface area contributed by atoms with Gasteiger partial charge in [-0.25, -0.2) is 4.79 Å². The van der Waals surface area contributed by atoms with E-state index in [9.17, 15) is 9.59 Å². The molecular formula is C25H39NO4. The molecule has 0 bridgehead atoms. The molecule has 2 atom stereocenters. The molecule has 1 aromatic rings. The van der Waals surface area contributed by atoms with E-state index in [1.807, 2.05) is 30.3 Å². The van der Waals surface area contributed by atoms with Gasteiger partial charge in [0.25, 0.3) is 0 Å². The van der Waals surface area contributed by atoms with Gasteiger partial charge in [-0.3, -0.25) is 4.79 Å². The summed E-state index contributed by atoms with van der Waals surface area (Å²) in [7, 11) is 0. The molecule has 1 N–H and O–H groups in total. The molecule has 1 fully saturated rings. The molecule has 1 heterocycles. The van der Waals surface area contributed by atoms with Crippen molar-refractivity contribution in [3.8, 4) is 0 Å². The molecule has 1 aliphatic heterocycles. The van der Waals surface area contributed by atoms with Crippen molar-refractivity contribution in [3.63, 3.8) is 0 Å². The number of benzene rings is 1. The quantitative estimate of drug-likeness (QED) is 0.269. The van der Waals surface area contributed by atoms with Crippen molar-refractivity contribution < 1.29 is 19.1 Å². The van der Waals surface area contributed by atoms with Gasteiger partial charge in [-0.05, 0) is 18.4 Å². The van der Waals surface area contributed by atoms with Crippen molar-refractivity contribution in [2.24, 2.45) is 0 Å². The van der Waals surface area contributed by atoms with E-state index in [-0.39, 0.29) is 31.1 Å². The number of unbranched alkanes of at least 4 members (excludes halogenated alkanes) is 10. The van der Waals surface area contributed by atoms with Crippen LogP contribution in [0.1, 0.15) is 96.0 Å².